The number of hydrogen-bond donors (Lipinski definition) is 2. The average Bonchev–Trinajstić information content (AvgIpc) is 3.16. The summed E-state index contributed by atoms with van der Waals surface area (Å²) in [5.74, 6) is -3.44. The molecule has 8 nitrogen and oxygen atoms in total. The topological polar surface area (TPSA) is 97.0 Å². The van der Waals surface area contributed by atoms with Gasteiger partial charge in [0.1, 0.15) is 17.0 Å². The minimum absolute atomic E-state index is 0.186. The number of benzene rings is 1. The van der Waals surface area contributed by atoms with Gasteiger partial charge in [0.25, 0.3) is 11.8 Å². The van der Waals surface area contributed by atoms with Crippen molar-refractivity contribution in [2.75, 3.05) is 13.0 Å². The number of carbonyl (C=O) groups is 3. The number of nitrogens with one attached hydrogen (secondary N) is 2. The lowest BCUT2D eigenvalue weighted by molar-refractivity contribution is -0.125. The molecule has 1 aliphatic heterocycles. The normalized spacial score (nSPS) is 21.4. The zero-order valence-corrected chi connectivity index (χ0v) is 21.3. The number of methoxy groups -OCH3 is 1. The lowest BCUT2D eigenvalue weighted by atomic mass is 9.85. The minimum Gasteiger partial charge on any atom is -0.497 e. The Morgan fingerprint density at radius 1 is 1.25 bits per heavy atom. The van der Waals surface area contributed by atoms with Gasteiger partial charge in [0, 0.05) is 24.8 Å². The van der Waals surface area contributed by atoms with Gasteiger partial charge in [-0.1, -0.05) is 30.0 Å². The van der Waals surface area contributed by atoms with Gasteiger partial charge in [0.2, 0.25) is 0 Å². The van der Waals surface area contributed by atoms with Crippen LogP contribution >= 0.6 is 11.8 Å². The van der Waals surface area contributed by atoms with Gasteiger partial charge in [-0.15, -0.1) is 0 Å². The van der Waals surface area contributed by atoms with Crippen LogP contribution in [-0.2, 0) is 20.7 Å². The van der Waals surface area contributed by atoms with Crippen molar-refractivity contribution in [3.8, 4) is 5.75 Å². The number of allylic oxidation sites excluding steroid dienone is 2. The molecule has 1 unspecified atom stereocenters. The van der Waals surface area contributed by atoms with Crippen LogP contribution in [0.4, 0.5) is 13.6 Å². The molecule has 194 valence electrons. The highest BCUT2D eigenvalue weighted by molar-refractivity contribution is 8.03. The molecule has 2 aliphatic carbocycles. The van der Waals surface area contributed by atoms with Crippen molar-refractivity contribution < 1.29 is 32.6 Å². The van der Waals surface area contributed by atoms with Crippen LogP contribution in [0.2, 0.25) is 0 Å². The van der Waals surface area contributed by atoms with E-state index in [1.165, 1.54) is 16.8 Å². The summed E-state index contributed by atoms with van der Waals surface area (Å²) in [6, 6.07) is 6.62. The standard InChI is InChI=1S/C25H29F2N3O5S/c1-24(2,3)35-23(33)29-30-13-36-21-18(22(32)28-16-11-25(26,27)12-16)10-15(20(31)19(21)30)8-14-6-5-7-17(9-14)34-4/h5-7,9-10,15-16H,8,11-13H2,1-4H3,(H,28,32)(H,29,33). The maximum atomic E-state index is 13.6. The quantitative estimate of drug-likeness (QED) is 0.586. The molecule has 1 aromatic carbocycles. The molecule has 0 aromatic heterocycles. The first kappa shape index (κ1) is 26.0. The van der Waals surface area contributed by atoms with Gasteiger partial charge >= 0.3 is 6.09 Å². The van der Waals surface area contributed by atoms with Crippen molar-refractivity contribution >= 4 is 29.5 Å². The van der Waals surface area contributed by atoms with Crippen LogP contribution in [0, 0.1) is 5.92 Å². The number of thioether (sulfide) groups is 1. The van der Waals surface area contributed by atoms with Crippen LogP contribution in [0.1, 0.15) is 39.2 Å². The second-order valence-electron chi connectivity index (χ2n) is 10.0. The third kappa shape index (κ3) is 5.83. The minimum atomic E-state index is -2.77. The molecule has 1 aromatic rings. The molecule has 36 heavy (non-hydrogen) atoms. The summed E-state index contributed by atoms with van der Waals surface area (Å²) in [4.78, 5) is 39.5. The Labute approximate surface area is 212 Å². The van der Waals surface area contributed by atoms with Crippen LogP contribution in [0.3, 0.4) is 0 Å². The molecule has 1 saturated carbocycles. The van der Waals surface area contributed by atoms with Gasteiger partial charge in [-0.05, 0) is 44.9 Å². The molecular weight excluding hydrogens is 492 g/mol. The van der Waals surface area contributed by atoms with E-state index in [1.54, 1.807) is 46.1 Å². The van der Waals surface area contributed by atoms with Crippen LogP contribution in [0.5, 0.6) is 5.75 Å². The summed E-state index contributed by atoms with van der Waals surface area (Å²) in [6.07, 6.45) is 0.325. The van der Waals surface area contributed by atoms with E-state index in [9.17, 15) is 23.2 Å². The molecule has 1 fully saturated rings. The average molecular weight is 522 g/mol. The first-order valence-electron chi connectivity index (χ1n) is 11.6. The number of carbonyl (C=O) groups excluding carboxylic acids is 3. The third-order valence-electron chi connectivity index (χ3n) is 5.89. The molecular formula is C25H29F2N3O5S. The number of nitrogens with zero attached hydrogens (tertiary/aromatic N) is 1. The lowest BCUT2D eigenvalue weighted by Crippen LogP contribution is -2.51. The molecule has 2 amide bonds. The second kappa shape index (κ2) is 9.76. The fraction of sp³-hybridized carbons (Fsp3) is 0.480. The van der Waals surface area contributed by atoms with Crippen LogP contribution in [-0.4, -0.2) is 53.3 Å². The molecule has 4 rings (SSSR count). The summed E-state index contributed by atoms with van der Waals surface area (Å²) in [5, 5.41) is 4.04. The number of hydrogen-bond acceptors (Lipinski definition) is 7. The van der Waals surface area contributed by atoms with Gasteiger partial charge in [-0.3, -0.25) is 14.6 Å². The van der Waals surface area contributed by atoms with E-state index in [-0.39, 0.29) is 29.4 Å². The van der Waals surface area contributed by atoms with E-state index in [0.717, 1.165) is 5.56 Å². The van der Waals surface area contributed by atoms with E-state index in [4.69, 9.17) is 9.47 Å². The van der Waals surface area contributed by atoms with Gasteiger partial charge in [-0.25, -0.2) is 19.0 Å². The molecule has 0 spiro atoms. The Hall–Kier alpha value is -3.08. The highest BCUT2D eigenvalue weighted by Gasteiger charge is 2.47. The maximum Gasteiger partial charge on any atom is 0.426 e. The number of Topliss-reactive ketones (excluding diaryl/α,β-unsaturated/α-hetero) is 1. The Kier molecular flexibility index (Phi) is 7.05. The molecule has 0 saturated heterocycles. The second-order valence-corrected chi connectivity index (χ2v) is 11.0. The SMILES string of the molecule is COc1cccc(CC2C=C(C(=O)NC3CC(F)(F)C3)C3=C(C2=O)N(NC(=O)OC(C)(C)C)CS3)c1. The summed E-state index contributed by atoms with van der Waals surface area (Å²) in [5.41, 5.74) is 3.11. The molecule has 0 radical (unpaired) electrons. The molecule has 1 atom stereocenters. The van der Waals surface area contributed by atoms with E-state index in [1.807, 2.05) is 12.1 Å². The Balaban J connectivity index is 1.60. The summed E-state index contributed by atoms with van der Waals surface area (Å²) < 4.78 is 37.2. The first-order valence-corrected chi connectivity index (χ1v) is 12.6. The van der Waals surface area contributed by atoms with Gasteiger partial charge in [-0.2, -0.15) is 0 Å². The van der Waals surface area contributed by atoms with E-state index in [2.05, 4.69) is 10.7 Å². The fourth-order valence-electron chi connectivity index (χ4n) is 4.27. The first-order chi connectivity index (χ1) is 16.8. The number of ether oxygens (including phenoxy) is 2. The zero-order chi connectivity index (χ0) is 26.3. The summed E-state index contributed by atoms with van der Waals surface area (Å²) >= 11 is 1.22. The maximum absolute atomic E-state index is 13.6. The predicted molar refractivity (Wildman–Crippen MR) is 130 cm³/mol. The summed E-state index contributed by atoms with van der Waals surface area (Å²) in [6.45, 7) is 5.17. The van der Waals surface area contributed by atoms with Gasteiger partial charge in [0.05, 0.1) is 23.5 Å². The van der Waals surface area contributed by atoms with Crippen LogP contribution < -0.4 is 15.5 Å². The number of alkyl halides is 2. The number of amides is 2. The van der Waals surface area contributed by atoms with Crippen LogP contribution in [0.25, 0.3) is 0 Å². The highest BCUT2D eigenvalue weighted by atomic mass is 32.2. The zero-order valence-electron chi connectivity index (χ0n) is 20.5. The number of halogens is 2. The van der Waals surface area contributed by atoms with E-state index >= 15 is 0 Å². The molecule has 11 heteroatoms. The van der Waals surface area contributed by atoms with Crippen LogP contribution in [0.15, 0.2) is 46.5 Å². The monoisotopic (exact) mass is 521 g/mol. The fourth-order valence-corrected chi connectivity index (χ4v) is 5.39. The van der Waals surface area contributed by atoms with Crippen molar-refractivity contribution in [2.45, 2.75) is 57.6 Å². The lowest BCUT2D eigenvalue weighted by Gasteiger charge is -2.35. The Morgan fingerprint density at radius 2 is 1.97 bits per heavy atom. The van der Waals surface area contributed by atoms with Crippen molar-refractivity contribution in [2.24, 2.45) is 5.92 Å². The van der Waals surface area contributed by atoms with Crippen molar-refractivity contribution in [1.29, 1.82) is 0 Å². The van der Waals surface area contributed by atoms with Crippen molar-refractivity contribution in [1.82, 2.24) is 15.8 Å². The van der Waals surface area contributed by atoms with Gasteiger partial charge < -0.3 is 14.8 Å². The molecule has 3 aliphatic rings. The Morgan fingerprint density at radius 3 is 2.61 bits per heavy atom. The Bertz CT molecular complexity index is 1140. The van der Waals surface area contributed by atoms with E-state index in [0.29, 0.717) is 10.7 Å². The molecule has 2 N–H and O–H groups in total. The largest absolute Gasteiger partial charge is 0.497 e. The number of hydrazine groups is 1. The molecule has 1 heterocycles. The summed E-state index contributed by atoms with van der Waals surface area (Å²) in [7, 11) is 1.55. The highest BCUT2D eigenvalue weighted by Crippen LogP contribution is 2.43. The number of ketones is 1. The molecule has 0 bridgehead atoms. The third-order valence-corrected chi connectivity index (χ3v) is 6.98. The number of rotatable bonds is 6. The predicted octanol–water partition coefficient (Wildman–Crippen LogP) is 3.93. The van der Waals surface area contributed by atoms with E-state index < -0.39 is 48.3 Å². The van der Waals surface area contributed by atoms with Crippen molar-refractivity contribution in [3.63, 3.8) is 0 Å². The smallest absolute Gasteiger partial charge is 0.426 e. The van der Waals surface area contributed by atoms with Crippen molar-refractivity contribution in [3.05, 3.63) is 52.1 Å². The van der Waals surface area contributed by atoms with Gasteiger partial charge in [0.15, 0.2) is 5.78 Å².